The van der Waals surface area contributed by atoms with Crippen molar-refractivity contribution in [3.8, 4) is 0 Å². The normalized spacial score (nSPS) is 19.7. The van der Waals surface area contributed by atoms with E-state index < -0.39 is 0 Å². The van der Waals surface area contributed by atoms with Crippen LogP contribution in [-0.2, 0) is 11.3 Å². The number of halogens is 2. The van der Waals surface area contributed by atoms with E-state index in [-0.39, 0.29) is 36.8 Å². The number of carbonyl (C=O) groups is 1. The summed E-state index contributed by atoms with van der Waals surface area (Å²) in [6.45, 7) is 8.91. The molecule has 0 saturated heterocycles. The van der Waals surface area contributed by atoms with Crippen molar-refractivity contribution in [2.24, 2.45) is 11.7 Å². The number of rotatable bonds is 8. The highest BCUT2D eigenvalue weighted by Crippen LogP contribution is 2.27. The molecule has 140 valence electrons. The number of hydrogen-bond donors (Lipinski definition) is 1. The maximum atomic E-state index is 12.9. The average Bonchev–Trinajstić information content (AvgIpc) is 3.18. The van der Waals surface area contributed by atoms with Crippen LogP contribution < -0.4 is 5.73 Å². The fourth-order valence-corrected chi connectivity index (χ4v) is 3.88. The summed E-state index contributed by atoms with van der Waals surface area (Å²) in [5.74, 6) is 0.431. The van der Waals surface area contributed by atoms with Crippen molar-refractivity contribution in [3.63, 3.8) is 0 Å². The lowest BCUT2D eigenvalue weighted by Crippen LogP contribution is -2.40. The van der Waals surface area contributed by atoms with E-state index >= 15 is 0 Å². The molecule has 1 aliphatic carbocycles. The van der Waals surface area contributed by atoms with Crippen LogP contribution in [0.3, 0.4) is 0 Å². The summed E-state index contributed by atoms with van der Waals surface area (Å²) in [5, 5.41) is 2.08. The van der Waals surface area contributed by atoms with E-state index in [9.17, 15) is 4.79 Å². The Hall–Kier alpha value is -0.330. The zero-order valence-corrected chi connectivity index (χ0v) is 17.1. The number of carbonyl (C=O) groups excluding carboxylic acids is 1. The molecule has 0 spiro atoms. The number of thiophene rings is 1. The molecule has 1 fully saturated rings. The van der Waals surface area contributed by atoms with E-state index in [1.54, 1.807) is 11.3 Å². The number of likely N-dealkylation sites (N-methyl/N-ethyl adjacent to an activating group) is 1. The Labute approximate surface area is 162 Å². The van der Waals surface area contributed by atoms with Gasteiger partial charge in [-0.05, 0) is 43.8 Å². The van der Waals surface area contributed by atoms with Gasteiger partial charge in [-0.1, -0.05) is 19.9 Å². The molecule has 2 rings (SSSR count). The minimum absolute atomic E-state index is 0. The van der Waals surface area contributed by atoms with Gasteiger partial charge in [0, 0.05) is 29.9 Å². The number of hydrogen-bond acceptors (Lipinski definition) is 4. The monoisotopic (exact) mass is 395 g/mol. The van der Waals surface area contributed by atoms with E-state index in [2.05, 4.69) is 36.3 Å². The molecular formula is C17H31Cl2N3OS. The first kappa shape index (κ1) is 23.7. The molecule has 0 aliphatic heterocycles. The number of nitrogens with zero attached hydrogens (tertiary/aromatic N) is 2. The van der Waals surface area contributed by atoms with Gasteiger partial charge in [-0.15, -0.1) is 36.2 Å². The topological polar surface area (TPSA) is 49.6 Å². The van der Waals surface area contributed by atoms with E-state index in [1.807, 2.05) is 4.90 Å². The highest BCUT2D eigenvalue weighted by atomic mass is 35.5. The largest absolute Gasteiger partial charge is 0.336 e. The van der Waals surface area contributed by atoms with Gasteiger partial charge in [0.15, 0.2) is 0 Å². The molecule has 1 amide bonds. The van der Waals surface area contributed by atoms with Crippen LogP contribution in [-0.4, -0.2) is 47.9 Å². The van der Waals surface area contributed by atoms with Gasteiger partial charge in [-0.25, -0.2) is 0 Å². The Morgan fingerprint density at radius 1 is 1.25 bits per heavy atom. The van der Waals surface area contributed by atoms with Gasteiger partial charge in [0.25, 0.3) is 0 Å². The Morgan fingerprint density at radius 2 is 1.96 bits per heavy atom. The SMILES string of the molecule is CCN(CC)CCN(Cc1cccs1)C(=O)C1CCC(N)C1.Cl.Cl. The van der Waals surface area contributed by atoms with Crippen LogP contribution in [0.2, 0.25) is 0 Å². The molecule has 2 atom stereocenters. The quantitative estimate of drug-likeness (QED) is 0.733. The van der Waals surface area contributed by atoms with Crippen molar-refractivity contribution in [3.05, 3.63) is 22.4 Å². The molecule has 4 nitrogen and oxygen atoms in total. The lowest BCUT2D eigenvalue weighted by atomic mass is 10.1. The van der Waals surface area contributed by atoms with Gasteiger partial charge in [-0.2, -0.15) is 0 Å². The van der Waals surface area contributed by atoms with E-state index in [1.165, 1.54) is 4.88 Å². The van der Waals surface area contributed by atoms with Crippen molar-refractivity contribution in [1.82, 2.24) is 9.80 Å². The first-order valence-corrected chi connectivity index (χ1v) is 9.31. The zero-order chi connectivity index (χ0) is 15.9. The Morgan fingerprint density at radius 3 is 2.46 bits per heavy atom. The van der Waals surface area contributed by atoms with Gasteiger partial charge in [0.2, 0.25) is 5.91 Å². The Kier molecular flexibility index (Phi) is 11.9. The third kappa shape index (κ3) is 6.89. The van der Waals surface area contributed by atoms with Gasteiger partial charge in [0.05, 0.1) is 6.54 Å². The summed E-state index contributed by atoms with van der Waals surface area (Å²) in [6, 6.07) is 4.38. The highest BCUT2D eigenvalue weighted by molar-refractivity contribution is 7.09. The summed E-state index contributed by atoms with van der Waals surface area (Å²) in [4.78, 5) is 18.5. The molecule has 0 radical (unpaired) electrons. The molecule has 1 heterocycles. The van der Waals surface area contributed by atoms with Crippen LogP contribution in [0, 0.1) is 5.92 Å². The first-order valence-electron chi connectivity index (χ1n) is 8.43. The van der Waals surface area contributed by atoms with Gasteiger partial charge < -0.3 is 15.5 Å². The van der Waals surface area contributed by atoms with Crippen molar-refractivity contribution in [1.29, 1.82) is 0 Å². The first-order chi connectivity index (χ1) is 10.6. The molecule has 1 aromatic rings. The van der Waals surface area contributed by atoms with E-state index in [0.717, 1.165) is 52.0 Å². The third-order valence-electron chi connectivity index (χ3n) is 4.64. The smallest absolute Gasteiger partial charge is 0.226 e. The summed E-state index contributed by atoms with van der Waals surface area (Å²) in [5.41, 5.74) is 5.99. The summed E-state index contributed by atoms with van der Waals surface area (Å²) >= 11 is 1.73. The van der Waals surface area contributed by atoms with Crippen molar-refractivity contribution < 1.29 is 4.79 Å². The molecule has 7 heteroatoms. The molecule has 24 heavy (non-hydrogen) atoms. The predicted molar refractivity (Wildman–Crippen MR) is 107 cm³/mol. The van der Waals surface area contributed by atoms with Crippen LogP contribution in [0.1, 0.15) is 38.0 Å². The molecule has 2 N–H and O–H groups in total. The minimum atomic E-state index is 0. The van der Waals surface area contributed by atoms with Gasteiger partial charge >= 0.3 is 0 Å². The van der Waals surface area contributed by atoms with Gasteiger partial charge in [0.1, 0.15) is 0 Å². The van der Waals surface area contributed by atoms with Crippen LogP contribution in [0.5, 0.6) is 0 Å². The lowest BCUT2D eigenvalue weighted by molar-refractivity contribution is -0.136. The van der Waals surface area contributed by atoms with Crippen LogP contribution in [0.4, 0.5) is 0 Å². The highest BCUT2D eigenvalue weighted by Gasteiger charge is 2.31. The maximum Gasteiger partial charge on any atom is 0.226 e. The molecule has 0 bridgehead atoms. The molecule has 1 saturated carbocycles. The third-order valence-corrected chi connectivity index (χ3v) is 5.50. The summed E-state index contributed by atoms with van der Waals surface area (Å²) in [6.07, 6.45) is 2.79. The zero-order valence-electron chi connectivity index (χ0n) is 14.6. The summed E-state index contributed by atoms with van der Waals surface area (Å²) in [7, 11) is 0. The van der Waals surface area contributed by atoms with E-state index in [4.69, 9.17) is 5.73 Å². The molecule has 1 aliphatic rings. The predicted octanol–water partition coefficient (Wildman–Crippen LogP) is 3.39. The maximum absolute atomic E-state index is 12.9. The Bertz CT molecular complexity index is 455. The second-order valence-corrected chi connectivity index (χ2v) is 7.17. The second-order valence-electron chi connectivity index (χ2n) is 6.14. The molecule has 1 aromatic heterocycles. The van der Waals surface area contributed by atoms with Crippen molar-refractivity contribution in [2.45, 2.75) is 45.7 Å². The average molecular weight is 396 g/mol. The van der Waals surface area contributed by atoms with Crippen LogP contribution >= 0.6 is 36.2 Å². The number of nitrogens with two attached hydrogens (primary N) is 1. The number of amides is 1. The van der Waals surface area contributed by atoms with Crippen LogP contribution in [0.15, 0.2) is 17.5 Å². The fourth-order valence-electron chi connectivity index (χ4n) is 3.16. The summed E-state index contributed by atoms with van der Waals surface area (Å²) < 4.78 is 0. The molecule has 2 unspecified atom stereocenters. The van der Waals surface area contributed by atoms with Gasteiger partial charge in [-0.3, -0.25) is 4.79 Å². The van der Waals surface area contributed by atoms with E-state index in [0.29, 0.717) is 5.91 Å². The lowest BCUT2D eigenvalue weighted by Gasteiger charge is -2.28. The minimum Gasteiger partial charge on any atom is -0.336 e. The second kappa shape index (κ2) is 12.1. The van der Waals surface area contributed by atoms with Crippen molar-refractivity contribution in [2.75, 3.05) is 26.2 Å². The Balaban J connectivity index is 0.00000264. The standard InChI is InChI=1S/C17H29N3OS.2ClH/c1-3-19(4-2)9-10-20(13-16-6-5-11-22-16)17(21)14-7-8-15(18)12-14;;/h5-6,11,14-15H,3-4,7-10,12-13,18H2,1-2H3;2*1H. The van der Waals surface area contributed by atoms with Crippen molar-refractivity contribution >= 4 is 42.1 Å². The molecular weight excluding hydrogens is 365 g/mol. The fraction of sp³-hybridized carbons (Fsp3) is 0.706. The van der Waals surface area contributed by atoms with Crippen LogP contribution in [0.25, 0.3) is 0 Å². The molecule has 0 aromatic carbocycles.